The highest BCUT2D eigenvalue weighted by molar-refractivity contribution is 6.04. The number of ether oxygens (including phenoxy) is 2. The van der Waals surface area contributed by atoms with Gasteiger partial charge in [0.25, 0.3) is 0 Å². The second-order valence-electron chi connectivity index (χ2n) is 12.1. The fraction of sp³-hybridized carbons (Fsp3) is 0.389. The van der Waals surface area contributed by atoms with E-state index in [2.05, 4.69) is 52.9 Å². The number of benzene rings is 3. The second-order valence-corrected chi connectivity index (χ2v) is 12.1. The third-order valence-electron chi connectivity index (χ3n) is 8.62. The molecule has 3 heterocycles. The molecule has 2 aromatic heterocycles. The van der Waals surface area contributed by atoms with Gasteiger partial charge in [-0.1, -0.05) is 54.6 Å². The van der Waals surface area contributed by atoms with Crippen LogP contribution in [0, 0.1) is 0 Å². The number of aryl methyl sites for hydroxylation is 3. The molecule has 5 aromatic rings. The van der Waals surface area contributed by atoms with Crippen molar-refractivity contribution in [2.75, 3.05) is 20.2 Å². The maximum atomic E-state index is 13.0. The number of carboxylic acids is 1. The molecule has 44 heavy (non-hydrogen) atoms. The molecule has 3 aromatic carbocycles. The number of para-hydroxylation sites is 1. The molecule has 230 valence electrons. The standard InChI is InChI=1S/C36H42N4O4/c1-24(2)44-23-30-33-29-16-10-15-27-28(17-11-21-43-32-18-9-13-25-12-5-6-14-26(25)32)35(36(41)42)40(34(27)29)20-8-7-19-38(3)22-31(33)39(4)37-30/h5-6,9-10,12-16,18,24H,7-8,11,17,19-23H2,1-4H3,(H,41,42). The Morgan fingerprint density at radius 1 is 0.977 bits per heavy atom. The van der Waals surface area contributed by atoms with E-state index in [9.17, 15) is 9.90 Å². The Morgan fingerprint density at radius 2 is 1.73 bits per heavy atom. The summed E-state index contributed by atoms with van der Waals surface area (Å²) in [6.07, 6.45) is 3.24. The molecule has 0 amide bonds. The lowest BCUT2D eigenvalue weighted by Crippen LogP contribution is -2.21. The van der Waals surface area contributed by atoms with Gasteiger partial charge in [0.15, 0.2) is 0 Å². The highest BCUT2D eigenvalue weighted by Gasteiger charge is 2.28. The Morgan fingerprint density at radius 3 is 2.55 bits per heavy atom. The van der Waals surface area contributed by atoms with Crippen molar-refractivity contribution >= 4 is 27.6 Å². The molecular weight excluding hydrogens is 552 g/mol. The van der Waals surface area contributed by atoms with E-state index in [4.69, 9.17) is 14.6 Å². The predicted octanol–water partition coefficient (Wildman–Crippen LogP) is 7.06. The Labute approximate surface area is 258 Å². The van der Waals surface area contributed by atoms with Crippen molar-refractivity contribution in [3.05, 3.63) is 83.3 Å². The number of carboxylic acid groups (broad SMARTS) is 1. The van der Waals surface area contributed by atoms with Gasteiger partial charge >= 0.3 is 5.97 Å². The quantitative estimate of drug-likeness (QED) is 0.184. The van der Waals surface area contributed by atoms with Crippen LogP contribution in [0.15, 0.2) is 60.7 Å². The number of hydrogen-bond acceptors (Lipinski definition) is 5. The monoisotopic (exact) mass is 594 g/mol. The zero-order chi connectivity index (χ0) is 30.8. The number of fused-ring (bicyclic) bond motifs is 3. The Hall–Kier alpha value is -4.14. The van der Waals surface area contributed by atoms with Gasteiger partial charge in [0, 0.05) is 42.0 Å². The van der Waals surface area contributed by atoms with Crippen LogP contribution in [-0.4, -0.2) is 56.6 Å². The van der Waals surface area contributed by atoms with Gasteiger partial charge in [-0.2, -0.15) is 5.10 Å². The van der Waals surface area contributed by atoms with E-state index in [1.54, 1.807) is 0 Å². The summed E-state index contributed by atoms with van der Waals surface area (Å²) in [6.45, 7) is 7.26. The third kappa shape index (κ3) is 5.84. The van der Waals surface area contributed by atoms with Crippen LogP contribution >= 0.6 is 0 Å². The summed E-state index contributed by atoms with van der Waals surface area (Å²) in [7, 11) is 4.13. The topological polar surface area (TPSA) is 81.7 Å². The molecule has 0 fully saturated rings. The largest absolute Gasteiger partial charge is 0.493 e. The summed E-state index contributed by atoms with van der Waals surface area (Å²) < 4.78 is 16.3. The molecule has 0 spiro atoms. The minimum absolute atomic E-state index is 0.0685. The maximum Gasteiger partial charge on any atom is 0.352 e. The van der Waals surface area contributed by atoms with Crippen molar-refractivity contribution in [3.63, 3.8) is 0 Å². The van der Waals surface area contributed by atoms with Crippen LogP contribution in [0.1, 0.15) is 60.5 Å². The molecule has 1 aliphatic heterocycles. The molecule has 0 bridgehead atoms. The number of hydrogen-bond donors (Lipinski definition) is 1. The van der Waals surface area contributed by atoms with Crippen LogP contribution < -0.4 is 4.74 Å². The number of carbonyl (C=O) groups is 1. The van der Waals surface area contributed by atoms with Crippen LogP contribution in [-0.2, 0) is 37.9 Å². The lowest BCUT2D eigenvalue weighted by atomic mass is 9.97. The van der Waals surface area contributed by atoms with E-state index in [1.807, 2.05) is 49.8 Å². The van der Waals surface area contributed by atoms with Gasteiger partial charge in [0.2, 0.25) is 0 Å². The fourth-order valence-corrected chi connectivity index (χ4v) is 6.60. The first-order valence-corrected chi connectivity index (χ1v) is 15.7. The zero-order valence-electron chi connectivity index (χ0n) is 26.2. The molecular formula is C36H42N4O4. The van der Waals surface area contributed by atoms with Crippen molar-refractivity contribution in [2.45, 2.75) is 65.3 Å². The van der Waals surface area contributed by atoms with E-state index in [-0.39, 0.29) is 6.10 Å². The Kier molecular flexibility index (Phi) is 8.73. The summed E-state index contributed by atoms with van der Waals surface area (Å²) in [5, 5.41) is 18.8. The Bertz CT molecular complexity index is 1800. The number of aromatic carboxylic acids is 1. The number of nitrogens with zero attached hydrogens (tertiary/aromatic N) is 4. The van der Waals surface area contributed by atoms with E-state index >= 15 is 0 Å². The van der Waals surface area contributed by atoms with Gasteiger partial charge in [-0.05, 0) is 70.1 Å². The lowest BCUT2D eigenvalue weighted by molar-refractivity contribution is 0.0635. The minimum Gasteiger partial charge on any atom is -0.493 e. The highest BCUT2D eigenvalue weighted by Crippen LogP contribution is 2.39. The molecule has 1 aliphatic rings. The van der Waals surface area contributed by atoms with Crippen molar-refractivity contribution in [2.24, 2.45) is 7.05 Å². The van der Waals surface area contributed by atoms with Crippen LogP contribution in [0.2, 0.25) is 0 Å². The molecule has 0 radical (unpaired) electrons. The number of aromatic nitrogens is 3. The first-order chi connectivity index (χ1) is 21.3. The van der Waals surface area contributed by atoms with Gasteiger partial charge in [-0.3, -0.25) is 4.68 Å². The fourth-order valence-electron chi connectivity index (χ4n) is 6.60. The smallest absolute Gasteiger partial charge is 0.352 e. The average molecular weight is 595 g/mol. The van der Waals surface area contributed by atoms with Crippen LogP contribution in [0.25, 0.3) is 32.8 Å². The zero-order valence-corrected chi connectivity index (χ0v) is 26.2. The molecule has 1 N–H and O–H groups in total. The summed E-state index contributed by atoms with van der Waals surface area (Å²) in [6, 6.07) is 20.5. The third-order valence-corrected chi connectivity index (χ3v) is 8.62. The average Bonchev–Trinajstić information content (AvgIpc) is 3.49. The highest BCUT2D eigenvalue weighted by atomic mass is 16.5. The van der Waals surface area contributed by atoms with Crippen molar-refractivity contribution in [3.8, 4) is 16.9 Å². The van der Waals surface area contributed by atoms with Gasteiger partial charge in [-0.15, -0.1) is 0 Å². The normalized spacial score (nSPS) is 14.2. The minimum atomic E-state index is -0.890. The molecule has 0 unspecified atom stereocenters. The van der Waals surface area contributed by atoms with Crippen LogP contribution in [0.5, 0.6) is 5.75 Å². The van der Waals surface area contributed by atoms with Crippen molar-refractivity contribution < 1.29 is 19.4 Å². The van der Waals surface area contributed by atoms with Crippen molar-refractivity contribution in [1.82, 2.24) is 19.2 Å². The van der Waals surface area contributed by atoms with E-state index in [1.165, 1.54) is 0 Å². The second kappa shape index (κ2) is 12.8. The van der Waals surface area contributed by atoms with Gasteiger partial charge in [-0.25, -0.2) is 4.79 Å². The summed E-state index contributed by atoms with van der Waals surface area (Å²) >= 11 is 0. The van der Waals surface area contributed by atoms with E-state index < -0.39 is 5.97 Å². The summed E-state index contributed by atoms with van der Waals surface area (Å²) in [5.41, 5.74) is 6.29. The van der Waals surface area contributed by atoms with Crippen molar-refractivity contribution in [1.29, 1.82) is 0 Å². The predicted molar refractivity (Wildman–Crippen MR) is 174 cm³/mol. The Balaban J connectivity index is 1.42. The summed E-state index contributed by atoms with van der Waals surface area (Å²) in [4.78, 5) is 15.3. The lowest BCUT2D eigenvalue weighted by Gasteiger charge is -2.17. The molecule has 0 saturated heterocycles. The summed E-state index contributed by atoms with van der Waals surface area (Å²) in [5.74, 6) is -0.0372. The van der Waals surface area contributed by atoms with Gasteiger partial charge < -0.3 is 24.0 Å². The van der Waals surface area contributed by atoms with Crippen LogP contribution in [0.3, 0.4) is 0 Å². The molecule has 0 atom stereocenters. The van der Waals surface area contributed by atoms with Gasteiger partial charge in [0.05, 0.1) is 36.2 Å². The molecule has 6 rings (SSSR count). The molecule has 8 nitrogen and oxygen atoms in total. The SMILES string of the molecule is CC(C)OCc1nn(C)c2c1-c1cccc3c(CCCOc4cccc5ccccc45)c(C(=O)O)n(c13)CCCCN(C)C2. The maximum absolute atomic E-state index is 13.0. The van der Waals surface area contributed by atoms with E-state index in [0.29, 0.717) is 38.3 Å². The number of rotatable bonds is 9. The molecule has 0 saturated carbocycles. The first-order valence-electron chi connectivity index (χ1n) is 15.7. The van der Waals surface area contributed by atoms with Crippen LogP contribution in [0.4, 0.5) is 0 Å². The van der Waals surface area contributed by atoms with Gasteiger partial charge in [0.1, 0.15) is 11.4 Å². The van der Waals surface area contributed by atoms with E-state index in [0.717, 1.165) is 81.4 Å². The molecule has 0 aliphatic carbocycles. The first kappa shape index (κ1) is 29.9. The molecule has 8 heteroatoms.